The maximum absolute atomic E-state index is 14.4. The summed E-state index contributed by atoms with van der Waals surface area (Å²) < 4.78 is 11.4. The number of allylic oxidation sites excluding steroid dienone is 1. The summed E-state index contributed by atoms with van der Waals surface area (Å²) in [5.74, 6) is -1.42. The molecule has 8 atom stereocenters. The molecule has 200 valence electrons. The van der Waals surface area contributed by atoms with Gasteiger partial charge in [0.05, 0.1) is 12.0 Å². The van der Waals surface area contributed by atoms with Crippen LogP contribution in [0.25, 0.3) is 11.3 Å². The van der Waals surface area contributed by atoms with Gasteiger partial charge in [0.2, 0.25) is 0 Å². The number of carbonyl (C=O) groups is 2. The molecule has 3 N–H and O–H groups in total. The van der Waals surface area contributed by atoms with E-state index in [-0.39, 0.29) is 46.0 Å². The zero-order chi connectivity index (χ0) is 27.2. The SMILES string of the molecule is CC1=CC23C(=O)[C@@H](C=C(CO)[C@@H](O)[C@]2(O)[C@H]1OC(=O)c1ncoc1-c1ccccc1)[C@H]1[C@@H](CC3C)C1(C)C. The molecule has 4 aliphatic carbocycles. The first-order chi connectivity index (χ1) is 18.0. The summed E-state index contributed by atoms with van der Waals surface area (Å²) in [6.45, 7) is 7.37. The van der Waals surface area contributed by atoms with Crippen LogP contribution in [0.5, 0.6) is 0 Å². The molecular formula is C30H33NO7. The van der Waals surface area contributed by atoms with Crippen molar-refractivity contribution < 1.29 is 34.1 Å². The van der Waals surface area contributed by atoms with Gasteiger partial charge in [-0.1, -0.05) is 63.3 Å². The fourth-order valence-electron chi connectivity index (χ4n) is 7.94. The van der Waals surface area contributed by atoms with Gasteiger partial charge in [0.15, 0.2) is 35.3 Å². The average Bonchev–Trinajstić information content (AvgIpc) is 3.20. The van der Waals surface area contributed by atoms with E-state index in [4.69, 9.17) is 9.15 Å². The third-order valence-electron chi connectivity index (χ3n) is 9.92. The van der Waals surface area contributed by atoms with Crippen molar-refractivity contribution in [1.82, 2.24) is 4.98 Å². The van der Waals surface area contributed by atoms with E-state index in [2.05, 4.69) is 18.8 Å². The predicted octanol–water partition coefficient (Wildman–Crippen LogP) is 3.33. The van der Waals surface area contributed by atoms with E-state index in [0.717, 1.165) is 6.39 Å². The molecule has 2 fully saturated rings. The van der Waals surface area contributed by atoms with E-state index >= 15 is 0 Å². The van der Waals surface area contributed by atoms with Gasteiger partial charge in [0.25, 0.3) is 0 Å². The lowest BCUT2D eigenvalue weighted by atomic mass is 9.59. The van der Waals surface area contributed by atoms with Gasteiger partial charge in [0.1, 0.15) is 6.10 Å². The lowest BCUT2D eigenvalue weighted by molar-refractivity contribution is -0.190. The summed E-state index contributed by atoms with van der Waals surface area (Å²) in [6.07, 6.45) is 2.23. The summed E-state index contributed by atoms with van der Waals surface area (Å²) in [7, 11) is 0. The van der Waals surface area contributed by atoms with E-state index in [1.54, 1.807) is 43.3 Å². The van der Waals surface area contributed by atoms with Gasteiger partial charge in [-0.25, -0.2) is 9.78 Å². The van der Waals surface area contributed by atoms with Crippen LogP contribution >= 0.6 is 0 Å². The van der Waals surface area contributed by atoms with Crippen molar-refractivity contribution in [3.05, 3.63) is 65.7 Å². The Morgan fingerprint density at radius 1 is 1.24 bits per heavy atom. The van der Waals surface area contributed by atoms with Crippen molar-refractivity contribution in [3.8, 4) is 11.3 Å². The highest BCUT2D eigenvalue weighted by atomic mass is 16.6. The molecule has 2 bridgehead atoms. The van der Waals surface area contributed by atoms with Gasteiger partial charge in [-0.15, -0.1) is 0 Å². The fourth-order valence-corrected chi connectivity index (χ4v) is 7.94. The van der Waals surface area contributed by atoms with E-state index in [9.17, 15) is 24.9 Å². The molecule has 1 aromatic heterocycles. The van der Waals surface area contributed by atoms with Crippen LogP contribution in [0.15, 0.2) is 64.4 Å². The normalized spacial score (nSPS) is 38.8. The third kappa shape index (κ3) is 3.05. The van der Waals surface area contributed by atoms with Gasteiger partial charge in [-0.3, -0.25) is 4.79 Å². The summed E-state index contributed by atoms with van der Waals surface area (Å²) in [5, 5.41) is 34.4. The molecule has 1 spiro atoms. The minimum atomic E-state index is -2.20. The van der Waals surface area contributed by atoms with Gasteiger partial charge < -0.3 is 24.5 Å². The molecule has 1 heterocycles. The number of hydrogen-bond acceptors (Lipinski definition) is 8. The van der Waals surface area contributed by atoms with Gasteiger partial charge in [0, 0.05) is 11.5 Å². The monoisotopic (exact) mass is 519 g/mol. The second-order valence-electron chi connectivity index (χ2n) is 12.0. The molecule has 2 saturated carbocycles. The van der Waals surface area contributed by atoms with Crippen LogP contribution in [0.2, 0.25) is 0 Å². The topological polar surface area (TPSA) is 130 Å². The number of ether oxygens (including phenoxy) is 1. The van der Waals surface area contributed by atoms with Crippen molar-refractivity contribution in [1.29, 1.82) is 0 Å². The molecule has 2 unspecified atom stereocenters. The number of Topliss-reactive ketones (excluding diaryl/α,β-unsaturated/α-hetero) is 1. The largest absolute Gasteiger partial charge is 0.450 e. The van der Waals surface area contributed by atoms with Crippen LogP contribution in [0, 0.1) is 34.5 Å². The van der Waals surface area contributed by atoms with Gasteiger partial charge >= 0.3 is 5.97 Å². The molecule has 2 aromatic rings. The number of benzene rings is 1. The van der Waals surface area contributed by atoms with Crippen LogP contribution in [0.1, 0.15) is 44.6 Å². The van der Waals surface area contributed by atoms with Crippen LogP contribution in [0.3, 0.4) is 0 Å². The summed E-state index contributed by atoms with van der Waals surface area (Å²) in [5.41, 5.74) is -2.57. The number of aliphatic hydroxyl groups excluding tert-OH is 2. The molecular weight excluding hydrogens is 486 g/mol. The highest BCUT2D eigenvalue weighted by molar-refractivity contribution is 5.96. The zero-order valence-corrected chi connectivity index (χ0v) is 21.9. The van der Waals surface area contributed by atoms with Crippen LogP contribution in [-0.4, -0.2) is 56.5 Å². The molecule has 0 amide bonds. The minimum Gasteiger partial charge on any atom is -0.450 e. The minimum absolute atomic E-state index is 0.0480. The first-order valence-corrected chi connectivity index (χ1v) is 13.2. The molecule has 38 heavy (non-hydrogen) atoms. The second kappa shape index (κ2) is 8.21. The smallest absolute Gasteiger partial charge is 0.361 e. The Kier molecular flexibility index (Phi) is 5.45. The zero-order valence-electron chi connectivity index (χ0n) is 21.9. The quantitative estimate of drug-likeness (QED) is 0.414. The van der Waals surface area contributed by atoms with Crippen molar-refractivity contribution in [3.63, 3.8) is 0 Å². The molecule has 8 nitrogen and oxygen atoms in total. The average molecular weight is 520 g/mol. The molecule has 0 aliphatic heterocycles. The van der Waals surface area contributed by atoms with Crippen molar-refractivity contribution in [2.24, 2.45) is 34.5 Å². The van der Waals surface area contributed by atoms with Gasteiger partial charge in [-0.2, -0.15) is 0 Å². The summed E-state index contributed by atoms with van der Waals surface area (Å²) in [4.78, 5) is 32.0. The number of oxazole rings is 1. The van der Waals surface area contributed by atoms with E-state index in [0.29, 0.717) is 17.6 Å². The van der Waals surface area contributed by atoms with Crippen LogP contribution in [0.4, 0.5) is 0 Å². The number of fused-ring (bicyclic) bond motifs is 3. The molecule has 0 radical (unpaired) electrons. The Labute approximate surface area is 221 Å². The predicted molar refractivity (Wildman–Crippen MR) is 136 cm³/mol. The highest BCUT2D eigenvalue weighted by Crippen LogP contribution is 2.71. The van der Waals surface area contributed by atoms with E-state index in [1.807, 2.05) is 13.0 Å². The first kappa shape index (κ1) is 25.2. The number of aromatic nitrogens is 1. The standard InChI is InChI=1S/C30H33NO7/c1-15-12-29-16(2)10-20-21(28(20,3)4)19(25(29)34)11-18(13-32)24(33)30(29,36)26(15)38-27(35)22-23(37-14-31-22)17-8-6-5-7-9-17/h5-9,11-12,14,16,19-21,24,26,32-33,36H,10,13H2,1-4H3/t16?,19-,20+,21-,24+,26-,29?,30-/m0/s1. The van der Waals surface area contributed by atoms with Crippen molar-refractivity contribution in [2.45, 2.75) is 51.9 Å². The fraction of sp³-hybridized carbons (Fsp3) is 0.500. The molecule has 6 rings (SSSR count). The maximum Gasteiger partial charge on any atom is 0.361 e. The van der Waals surface area contributed by atoms with Crippen molar-refractivity contribution >= 4 is 11.8 Å². The Balaban J connectivity index is 1.44. The van der Waals surface area contributed by atoms with Crippen LogP contribution < -0.4 is 0 Å². The molecule has 4 aliphatic rings. The lowest BCUT2D eigenvalue weighted by Gasteiger charge is -2.48. The molecule has 0 saturated heterocycles. The van der Waals surface area contributed by atoms with Crippen LogP contribution in [-0.2, 0) is 9.53 Å². The number of rotatable bonds is 4. The maximum atomic E-state index is 14.4. The number of carbonyl (C=O) groups excluding carboxylic acids is 2. The van der Waals surface area contributed by atoms with E-state index < -0.39 is 41.7 Å². The number of nitrogens with zero attached hydrogens (tertiary/aromatic N) is 1. The summed E-state index contributed by atoms with van der Waals surface area (Å²) >= 11 is 0. The number of esters is 1. The number of aliphatic hydroxyl groups is 3. The Morgan fingerprint density at radius 2 is 1.95 bits per heavy atom. The first-order valence-electron chi connectivity index (χ1n) is 13.2. The number of ketones is 1. The molecule has 8 heteroatoms. The van der Waals surface area contributed by atoms with Crippen molar-refractivity contribution in [2.75, 3.05) is 6.61 Å². The number of hydrogen-bond donors (Lipinski definition) is 3. The second-order valence-corrected chi connectivity index (χ2v) is 12.0. The Bertz CT molecular complexity index is 1370. The third-order valence-corrected chi connectivity index (χ3v) is 9.92. The van der Waals surface area contributed by atoms with E-state index in [1.165, 1.54) is 0 Å². The van der Waals surface area contributed by atoms with Gasteiger partial charge in [-0.05, 0) is 47.7 Å². The lowest BCUT2D eigenvalue weighted by Crippen LogP contribution is -2.65. The highest BCUT2D eigenvalue weighted by Gasteiger charge is 2.76. The Hall–Kier alpha value is -3.07. The molecule has 1 aromatic carbocycles. The summed E-state index contributed by atoms with van der Waals surface area (Å²) in [6, 6.07) is 8.98. The Morgan fingerprint density at radius 3 is 2.63 bits per heavy atom.